The molecule has 0 saturated heterocycles. The second kappa shape index (κ2) is 8.50. The SMILES string of the molecule is Cc1ccccc1-c1nnc(S[C@H](C)C(=O)NNC(=O)c2ccccc2)o1. The molecule has 8 heteroatoms. The number of aryl methyl sites for hydroxylation is 1. The van der Waals surface area contributed by atoms with Gasteiger partial charge in [0.1, 0.15) is 0 Å². The number of benzene rings is 2. The molecule has 0 aliphatic rings. The van der Waals surface area contributed by atoms with Crippen LogP contribution in [0.2, 0.25) is 0 Å². The molecule has 0 aliphatic heterocycles. The van der Waals surface area contributed by atoms with Crippen molar-refractivity contribution in [1.29, 1.82) is 0 Å². The Balaban J connectivity index is 1.56. The fourth-order valence-corrected chi connectivity index (χ4v) is 2.95. The summed E-state index contributed by atoms with van der Waals surface area (Å²) in [4.78, 5) is 24.1. The zero-order valence-electron chi connectivity index (χ0n) is 14.8. The minimum absolute atomic E-state index is 0.283. The molecule has 3 aromatic rings. The van der Waals surface area contributed by atoms with Crippen LogP contribution in [-0.4, -0.2) is 27.3 Å². The van der Waals surface area contributed by atoms with E-state index in [1.807, 2.05) is 37.3 Å². The van der Waals surface area contributed by atoms with Crippen LogP contribution in [0.25, 0.3) is 11.5 Å². The highest BCUT2D eigenvalue weighted by atomic mass is 32.2. The molecule has 0 spiro atoms. The lowest BCUT2D eigenvalue weighted by atomic mass is 10.1. The summed E-state index contributed by atoms with van der Waals surface area (Å²) in [6.07, 6.45) is 0. The highest BCUT2D eigenvalue weighted by Crippen LogP contribution is 2.27. The number of rotatable bonds is 5. The summed E-state index contributed by atoms with van der Waals surface area (Å²) in [5.74, 6) is -0.360. The van der Waals surface area contributed by atoms with E-state index < -0.39 is 5.25 Å². The molecule has 0 aliphatic carbocycles. The van der Waals surface area contributed by atoms with Crippen LogP contribution >= 0.6 is 11.8 Å². The van der Waals surface area contributed by atoms with E-state index >= 15 is 0 Å². The Bertz CT molecular complexity index is 943. The summed E-state index contributed by atoms with van der Waals surface area (Å²) in [5.41, 5.74) is 7.11. The van der Waals surface area contributed by atoms with Crippen molar-refractivity contribution in [2.75, 3.05) is 0 Å². The first kappa shape index (κ1) is 18.7. The summed E-state index contributed by atoms with van der Waals surface area (Å²) in [5, 5.41) is 7.76. The molecule has 138 valence electrons. The smallest absolute Gasteiger partial charge is 0.277 e. The molecule has 3 rings (SSSR count). The van der Waals surface area contributed by atoms with Crippen LogP contribution in [0, 0.1) is 6.92 Å². The van der Waals surface area contributed by atoms with Crippen LogP contribution in [0.1, 0.15) is 22.8 Å². The first-order chi connectivity index (χ1) is 13.0. The van der Waals surface area contributed by atoms with Crippen molar-refractivity contribution in [1.82, 2.24) is 21.0 Å². The van der Waals surface area contributed by atoms with Gasteiger partial charge in [0, 0.05) is 11.1 Å². The van der Waals surface area contributed by atoms with E-state index in [-0.39, 0.29) is 17.0 Å². The maximum Gasteiger partial charge on any atom is 0.277 e. The number of nitrogens with zero attached hydrogens (tertiary/aromatic N) is 2. The number of hydrazine groups is 1. The molecule has 0 bridgehead atoms. The van der Waals surface area contributed by atoms with Gasteiger partial charge in [-0.15, -0.1) is 10.2 Å². The summed E-state index contributed by atoms with van der Waals surface area (Å²) in [6.45, 7) is 3.64. The van der Waals surface area contributed by atoms with Crippen molar-refractivity contribution in [2.45, 2.75) is 24.3 Å². The average molecular weight is 382 g/mol. The number of nitrogens with one attached hydrogen (secondary N) is 2. The average Bonchev–Trinajstić information content (AvgIpc) is 3.15. The number of amides is 2. The molecule has 2 N–H and O–H groups in total. The van der Waals surface area contributed by atoms with Gasteiger partial charge in [0.15, 0.2) is 0 Å². The minimum Gasteiger partial charge on any atom is -0.411 e. The van der Waals surface area contributed by atoms with Crippen LogP contribution < -0.4 is 10.9 Å². The van der Waals surface area contributed by atoms with Gasteiger partial charge in [-0.1, -0.05) is 48.2 Å². The van der Waals surface area contributed by atoms with Crippen molar-refractivity contribution >= 4 is 23.6 Å². The lowest BCUT2D eigenvalue weighted by molar-refractivity contribution is -0.121. The topological polar surface area (TPSA) is 97.1 Å². The van der Waals surface area contributed by atoms with E-state index in [0.29, 0.717) is 11.5 Å². The van der Waals surface area contributed by atoms with E-state index in [1.54, 1.807) is 31.2 Å². The van der Waals surface area contributed by atoms with Gasteiger partial charge in [-0.3, -0.25) is 20.4 Å². The van der Waals surface area contributed by atoms with Gasteiger partial charge in [-0.2, -0.15) is 0 Å². The third-order valence-corrected chi connectivity index (χ3v) is 4.70. The molecule has 1 heterocycles. The number of aromatic nitrogens is 2. The maximum absolute atomic E-state index is 12.2. The van der Waals surface area contributed by atoms with Crippen molar-refractivity contribution in [3.63, 3.8) is 0 Å². The molecule has 1 atom stereocenters. The summed E-state index contributed by atoms with van der Waals surface area (Å²) < 4.78 is 5.64. The Hall–Kier alpha value is -3.13. The highest BCUT2D eigenvalue weighted by Gasteiger charge is 2.19. The van der Waals surface area contributed by atoms with Gasteiger partial charge >= 0.3 is 0 Å². The van der Waals surface area contributed by atoms with E-state index in [0.717, 1.165) is 22.9 Å². The van der Waals surface area contributed by atoms with Crippen molar-refractivity contribution < 1.29 is 14.0 Å². The lowest BCUT2D eigenvalue weighted by Gasteiger charge is -2.11. The quantitative estimate of drug-likeness (QED) is 0.520. The molecule has 27 heavy (non-hydrogen) atoms. The maximum atomic E-state index is 12.2. The third kappa shape index (κ3) is 4.73. The summed E-state index contributed by atoms with van der Waals surface area (Å²) >= 11 is 1.12. The molecule has 2 aromatic carbocycles. The Morgan fingerprint density at radius 1 is 1.00 bits per heavy atom. The standard InChI is InChI=1S/C19H18N4O3S/c1-12-8-6-7-11-15(12)18-22-23-19(26-18)27-13(2)16(24)20-21-17(25)14-9-4-3-5-10-14/h3-11,13H,1-2H3,(H,20,24)(H,21,25)/t13-/m1/s1. The number of hydrogen-bond donors (Lipinski definition) is 2. The van der Waals surface area contributed by atoms with Crippen LogP contribution in [0.5, 0.6) is 0 Å². The minimum atomic E-state index is -0.536. The molecule has 0 fully saturated rings. The van der Waals surface area contributed by atoms with Crippen LogP contribution in [-0.2, 0) is 4.79 Å². The molecular weight excluding hydrogens is 364 g/mol. The molecule has 0 saturated carbocycles. The van der Waals surface area contributed by atoms with Crippen molar-refractivity contribution in [3.8, 4) is 11.5 Å². The fraction of sp³-hybridized carbons (Fsp3) is 0.158. The first-order valence-corrected chi connectivity index (χ1v) is 9.14. The zero-order valence-corrected chi connectivity index (χ0v) is 15.6. The first-order valence-electron chi connectivity index (χ1n) is 8.26. The molecule has 0 unspecified atom stereocenters. The van der Waals surface area contributed by atoms with Gasteiger partial charge < -0.3 is 4.42 Å². The Kier molecular flexibility index (Phi) is 5.87. The largest absolute Gasteiger partial charge is 0.411 e. The zero-order chi connectivity index (χ0) is 19.2. The molecule has 1 aromatic heterocycles. The molecule has 2 amide bonds. The highest BCUT2D eigenvalue weighted by molar-refractivity contribution is 8.00. The van der Waals surface area contributed by atoms with Gasteiger partial charge in [-0.05, 0) is 37.6 Å². The van der Waals surface area contributed by atoms with Crippen LogP contribution in [0.3, 0.4) is 0 Å². The van der Waals surface area contributed by atoms with Gasteiger partial charge in [0.25, 0.3) is 17.0 Å². The van der Waals surface area contributed by atoms with E-state index in [9.17, 15) is 9.59 Å². The Morgan fingerprint density at radius 3 is 2.44 bits per heavy atom. The van der Waals surface area contributed by atoms with Gasteiger partial charge in [0.05, 0.1) is 5.25 Å². The van der Waals surface area contributed by atoms with Gasteiger partial charge in [0.2, 0.25) is 5.89 Å². The second-order valence-electron chi connectivity index (χ2n) is 5.76. The second-order valence-corrected chi connectivity index (χ2v) is 7.05. The number of carbonyl (C=O) groups is 2. The fourth-order valence-electron chi connectivity index (χ4n) is 2.27. The molecular formula is C19H18N4O3S. The predicted octanol–water partition coefficient (Wildman–Crippen LogP) is 2.99. The number of carbonyl (C=O) groups excluding carboxylic acids is 2. The Labute approximate surface area is 160 Å². The lowest BCUT2D eigenvalue weighted by Crippen LogP contribution is -2.44. The Morgan fingerprint density at radius 2 is 1.70 bits per heavy atom. The van der Waals surface area contributed by atoms with Crippen LogP contribution in [0.15, 0.2) is 64.2 Å². The third-order valence-electron chi connectivity index (χ3n) is 3.76. The number of thioether (sulfide) groups is 1. The predicted molar refractivity (Wildman–Crippen MR) is 102 cm³/mol. The van der Waals surface area contributed by atoms with Crippen LogP contribution in [0.4, 0.5) is 0 Å². The van der Waals surface area contributed by atoms with E-state index in [1.165, 1.54) is 0 Å². The van der Waals surface area contributed by atoms with E-state index in [4.69, 9.17) is 4.42 Å². The van der Waals surface area contributed by atoms with E-state index in [2.05, 4.69) is 21.0 Å². The monoisotopic (exact) mass is 382 g/mol. The molecule has 7 nitrogen and oxygen atoms in total. The summed E-state index contributed by atoms with van der Waals surface area (Å²) in [7, 11) is 0. The normalized spacial score (nSPS) is 11.6. The number of hydrogen-bond acceptors (Lipinski definition) is 6. The van der Waals surface area contributed by atoms with Crippen molar-refractivity contribution in [3.05, 3.63) is 65.7 Å². The molecule has 0 radical (unpaired) electrons. The van der Waals surface area contributed by atoms with Gasteiger partial charge in [-0.25, -0.2) is 0 Å². The van der Waals surface area contributed by atoms with Crippen molar-refractivity contribution in [2.24, 2.45) is 0 Å². The summed E-state index contributed by atoms with van der Waals surface area (Å²) in [6, 6.07) is 16.3.